The number of hydrogen-bond acceptors (Lipinski definition) is 2. The Bertz CT molecular complexity index is 831. The number of hydrogen-bond donors (Lipinski definition) is 2. The minimum absolute atomic E-state index is 0.144. The largest absolute Gasteiger partial charge is 0.333 e. The van der Waals surface area contributed by atoms with Crippen LogP contribution < -0.4 is 15.5 Å². The maximum atomic E-state index is 13.3. The lowest BCUT2D eigenvalue weighted by Gasteiger charge is -2.17. The van der Waals surface area contributed by atoms with Gasteiger partial charge in [-0.3, -0.25) is 4.79 Å². The predicted octanol–water partition coefficient (Wildman–Crippen LogP) is 4.06. The molecule has 0 aliphatic carbocycles. The number of carbonyl (C=O) groups excluding carboxylic acids is 2. The molecule has 0 unspecified atom stereocenters. The van der Waals surface area contributed by atoms with E-state index >= 15 is 0 Å². The summed E-state index contributed by atoms with van der Waals surface area (Å²) in [5.74, 6) is -0.593. The fourth-order valence-electron chi connectivity index (χ4n) is 2.62. The van der Waals surface area contributed by atoms with Crippen molar-refractivity contribution in [3.63, 3.8) is 0 Å². The molecule has 0 saturated carbocycles. The summed E-state index contributed by atoms with van der Waals surface area (Å²) in [5.41, 5.74) is 0.956. The Morgan fingerprint density at radius 3 is 2.68 bits per heavy atom. The van der Waals surface area contributed by atoms with Crippen molar-refractivity contribution in [2.45, 2.75) is 12.5 Å². The van der Waals surface area contributed by atoms with Crippen molar-refractivity contribution in [1.82, 2.24) is 5.32 Å². The summed E-state index contributed by atoms with van der Waals surface area (Å²) in [5, 5.41) is 6.07. The Morgan fingerprint density at radius 1 is 1.16 bits per heavy atom. The topological polar surface area (TPSA) is 61.4 Å². The van der Waals surface area contributed by atoms with Gasteiger partial charge in [-0.05, 0) is 36.4 Å². The highest BCUT2D eigenvalue weighted by molar-refractivity contribution is 6.42. The van der Waals surface area contributed by atoms with Gasteiger partial charge in [-0.2, -0.15) is 0 Å². The third kappa shape index (κ3) is 4.21. The first kappa shape index (κ1) is 17.5. The van der Waals surface area contributed by atoms with Gasteiger partial charge >= 0.3 is 6.03 Å². The van der Waals surface area contributed by atoms with Gasteiger partial charge in [0, 0.05) is 24.3 Å². The number of rotatable bonds is 3. The molecule has 0 aromatic heterocycles. The number of benzene rings is 2. The van der Waals surface area contributed by atoms with Crippen LogP contribution in [0.25, 0.3) is 0 Å². The van der Waals surface area contributed by atoms with Gasteiger partial charge in [-0.1, -0.05) is 29.3 Å². The van der Waals surface area contributed by atoms with Gasteiger partial charge < -0.3 is 15.5 Å². The second-order valence-electron chi connectivity index (χ2n) is 5.61. The van der Waals surface area contributed by atoms with E-state index in [9.17, 15) is 14.0 Å². The van der Waals surface area contributed by atoms with Gasteiger partial charge in [0.25, 0.3) is 0 Å². The lowest BCUT2D eigenvalue weighted by atomic mass is 10.2. The van der Waals surface area contributed by atoms with Crippen LogP contribution in [0.3, 0.4) is 0 Å². The fraction of sp³-hybridized carbons (Fsp3) is 0.176. The SMILES string of the molecule is O=C(Nc1ccc(Cl)c(Cl)c1)N[C@H]1CC(=O)N(c2cccc(F)c2)C1. The molecule has 1 aliphatic rings. The minimum atomic E-state index is -0.461. The first-order valence-electron chi connectivity index (χ1n) is 7.51. The Labute approximate surface area is 153 Å². The van der Waals surface area contributed by atoms with Crippen LogP contribution in [0.4, 0.5) is 20.6 Å². The molecule has 1 atom stereocenters. The van der Waals surface area contributed by atoms with Gasteiger partial charge in [-0.15, -0.1) is 0 Å². The summed E-state index contributed by atoms with van der Waals surface area (Å²) in [4.78, 5) is 25.7. The first-order valence-corrected chi connectivity index (χ1v) is 8.26. The molecule has 25 heavy (non-hydrogen) atoms. The van der Waals surface area contributed by atoms with E-state index in [4.69, 9.17) is 23.2 Å². The first-order chi connectivity index (χ1) is 11.9. The molecule has 0 spiro atoms. The summed E-state index contributed by atoms with van der Waals surface area (Å²) in [7, 11) is 0. The zero-order valence-electron chi connectivity index (χ0n) is 12.9. The summed E-state index contributed by atoms with van der Waals surface area (Å²) < 4.78 is 13.3. The highest BCUT2D eigenvalue weighted by Crippen LogP contribution is 2.25. The Kier molecular flexibility index (Phi) is 5.11. The molecule has 5 nitrogen and oxygen atoms in total. The molecule has 3 amide bonds. The van der Waals surface area contributed by atoms with Gasteiger partial charge in [0.15, 0.2) is 0 Å². The van der Waals surface area contributed by atoms with E-state index < -0.39 is 11.8 Å². The number of carbonyl (C=O) groups is 2. The number of nitrogens with zero attached hydrogens (tertiary/aromatic N) is 1. The summed E-state index contributed by atoms with van der Waals surface area (Å²) in [6.07, 6.45) is 0.144. The maximum Gasteiger partial charge on any atom is 0.319 e. The van der Waals surface area contributed by atoms with Crippen LogP contribution in [-0.4, -0.2) is 24.5 Å². The average molecular weight is 382 g/mol. The summed E-state index contributed by atoms with van der Waals surface area (Å²) >= 11 is 11.7. The number of halogens is 3. The lowest BCUT2D eigenvalue weighted by molar-refractivity contribution is -0.117. The van der Waals surface area contributed by atoms with Crippen LogP contribution in [0.1, 0.15) is 6.42 Å². The lowest BCUT2D eigenvalue weighted by Crippen LogP contribution is -2.39. The molecule has 1 heterocycles. The van der Waals surface area contributed by atoms with Gasteiger partial charge in [0.1, 0.15) is 5.82 Å². The molecule has 3 rings (SSSR count). The van der Waals surface area contributed by atoms with Crippen molar-refractivity contribution in [2.75, 3.05) is 16.8 Å². The molecule has 0 radical (unpaired) electrons. The van der Waals surface area contributed by atoms with E-state index in [0.717, 1.165) is 0 Å². The number of nitrogens with one attached hydrogen (secondary N) is 2. The second-order valence-corrected chi connectivity index (χ2v) is 6.43. The zero-order chi connectivity index (χ0) is 18.0. The van der Waals surface area contributed by atoms with Crippen LogP contribution in [-0.2, 0) is 4.79 Å². The molecule has 0 bridgehead atoms. The van der Waals surface area contributed by atoms with Crippen LogP contribution in [0, 0.1) is 5.82 Å². The monoisotopic (exact) mass is 381 g/mol. The van der Waals surface area contributed by atoms with E-state index in [1.807, 2.05) is 0 Å². The van der Waals surface area contributed by atoms with Gasteiger partial charge in [-0.25, -0.2) is 9.18 Å². The van der Waals surface area contributed by atoms with Crippen molar-refractivity contribution in [1.29, 1.82) is 0 Å². The van der Waals surface area contributed by atoms with Crippen molar-refractivity contribution >= 4 is 46.5 Å². The second kappa shape index (κ2) is 7.29. The quantitative estimate of drug-likeness (QED) is 0.841. The number of anilines is 2. The zero-order valence-corrected chi connectivity index (χ0v) is 14.4. The van der Waals surface area contributed by atoms with E-state index in [0.29, 0.717) is 21.4 Å². The van der Waals surface area contributed by atoms with E-state index in [1.165, 1.54) is 29.2 Å². The minimum Gasteiger partial charge on any atom is -0.333 e. The fourth-order valence-corrected chi connectivity index (χ4v) is 2.92. The van der Waals surface area contributed by atoms with E-state index in [1.54, 1.807) is 18.2 Å². The predicted molar refractivity (Wildman–Crippen MR) is 95.8 cm³/mol. The van der Waals surface area contributed by atoms with Gasteiger partial charge in [0.2, 0.25) is 5.91 Å². The van der Waals surface area contributed by atoms with Crippen molar-refractivity contribution in [3.05, 3.63) is 58.3 Å². The van der Waals surface area contributed by atoms with E-state index in [2.05, 4.69) is 10.6 Å². The van der Waals surface area contributed by atoms with Crippen LogP contribution in [0.2, 0.25) is 10.0 Å². The number of urea groups is 1. The van der Waals surface area contributed by atoms with E-state index in [-0.39, 0.29) is 24.9 Å². The molecule has 8 heteroatoms. The molecule has 2 N–H and O–H groups in total. The van der Waals surface area contributed by atoms with Crippen molar-refractivity contribution < 1.29 is 14.0 Å². The molecule has 130 valence electrons. The molecule has 1 fully saturated rings. The highest BCUT2D eigenvalue weighted by atomic mass is 35.5. The van der Waals surface area contributed by atoms with Gasteiger partial charge in [0.05, 0.1) is 16.1 Å². The Hall–Kier alpha value is -2.31. The molecule has 2 aromatic rings. The summed E-state index contributed by atoms with van der Waals surface area (Å²) in [6, 6.07) is 9.67. The normalized spacial score (nSPS) is 16.8. The average Bonchev–Trinajstić information content (AvgIpc) is 2.91. The molecular weight excluding hydrogens is 368 g/mol. The molecule has 1 aliphatic heterocycles. The standard InChI is InChI=1S/C17H14Cl2FN3O2/c18-14-5-4-11(7-15(14)19)21-17(25)22-12-8-16(24)23(9-12)13-3-1-2-10(20)6-13/h1-7,12H,8-9H2,(H2,21,22,25)/t12-/m0/s1. The van der Waals surface area contributed by atoms with Crippen molar-refractivity contribution in [3.8, 4) is 0 Å². The Balaban J connectivity index is 1.61. The molecule has 2 aromatic carbocycles. The van der Waals surface area contributed by atoms with Crippen molar-refractivity contribution in [2.24, 2.45) is 0 Å². The smallest absolute Gasteiger partial charge is 0.319 e. The maximum absolute atomic E-state index is 13.3. The molecular formula is C17H14Cl2FN3O2. The van der Waals surface area contributed by atoms with Crippen LogP contribution >= 0.6 is 23.2 Å². The van der Waals surface area contributed by atoms with Crippen LogP contribution in [0.5, 0.6) is 0 Å². The third-order valence-corrected chi connectivity index (χ3v) is 4.50. The third-order valence-electron chi connectivity index (χ3n) is 3.76. The molecule has 1 saturated heterocycles. The highest BCUT2D eigenvalue weighted by Gasteiger charge is 2.31. The number of amides is 3. The van der Waals surface area contributed by atoms with Crippen LogP contribution in [0.15, 0.2) is 42.5 Å². The Morgan fingerprint density at radius 2 is 1.96 bits per heavy atom. The summed E-state index contributed by atoms with van der Waals surface area (Å²) in [6.45, 7) is 0.275.